The molecule has 1 heteroatoms. The first-order valence-corrected chi connectivity index (χ1v) is 5.05. The highest BCUT2D eigenvalue weighted by Crippen LogP contribution is 2.40. The summed E-state index contributed by atoms with van der Waals surface area (Å²) in [6.45, 7) is 8.84. The lowest BCUT2D eigenvalue weighted by Gasteiger charge is -2.38. The Hall–Kier alpha value is -0.0700. The van der Waals surface area contributed by atoms with Crippen molar-refractivity contribution in [3.8, 4) is 0 Å². The summed E-state index contributed by atoms with van der Waals surface area (Å²) < 4.78 is 13.1. The van der Waals surface area contributed by atoms with E-state index < -0.39 is 6.17 Å². The molecule has 12 heavy (non-hydrogen) atoms. The maximum absolute atomic E-state index is 13.1. The van der Waals surface area contributed by atoms with E-state index in [1.165, 1.54) is 0 Å². The summed E-state index contributed by atoms with van der Waals surface area (Å²) in [5.41, 5.74) is 0.369. The largest absolute Gasteiger partial charge is 0.247 e. The van der Waals surface area contributed by atoms with Gasteiger partial charge in [0, 0.05) is 0 Å². The van der Waals surface area contributed by atoms with Gasteiger partial charge in [-0.15, -0.1) is 0 Å². The van der Waals surface area contributed by atoms with Crippen molar-refractivity contribution in [2.75, 3.05) is 0 Å². The molecule has 0 radical (unpaired) electrons. The molecule has 0 bridgehead atoms. The third-order valence-corrected chi connectivity index (χ3v) is 3.29. The maximum Gasteiger partial charge on any atom is 0.103 e. The fourth-order valence-corrected chi connectivity index (χ4v) is 2.15. The van der Waals surface area contributed by atoms with Crippen LogP contribution in [-0.4, -0.2) is 6.17 Å². The smallest absolute Gasteiger partial charge is 0.103 e. The van der Waals surface area contributed by atoms with Gasteiger partial charge in [0.25, 0.3) is 0 Å². The van der Waals surface area contributed by atoms with E-state index >= 15 is 0 Å². The van der Waals surface area contributed by atoms with Gasteiger partial charge in [-0.05, 0) is 36.5 Å². The van der Waals surface area contributed by atoms with E-state index in [1.807, 2.05) is 6.92 Å². The van der Waals surface area contributed by atoms with Crippen LogP contribution in [0.1, 0.15) is 47.0 Å². The molecule has 1 saturated carbocycles. The van der Waals surface area contributed by atoms with Crippen LogP contribution in [-0.2, 0) is 0 Å². The van der Waals surface area contributed by atoms with Crippen molar-refractivity contribution >= 4 is 0 Å². The summed E-state index contributed by atoms with van der Waals surface area (Å²) in [5.74, 6) is 1.00. The van der Waals surface area contributed by atoms with Gasteiger partial charge in [0.1, 0.15) is 6.17 Å². The van der Waals surface area contributed by atoms with Crippen LogP contribution in [0.15, 0.2) is 0 Å². The standard InChI is InChI=1S/C11H21F/c1-8-7-9(11(2,3)4)5-6-10(8)12/h8-10H,5-7H2,1-4H3. The van der Waals surface area contributed by atoms with Crippen LogP contribution < -0.4 is 0 Å². The van der Waals surface area contributed by atoms with Gasteiger partial charge in [-0.25, -0.2) is 4.39 Å². The molecule has 3 unspecified atom stereocenters. The van der Waals surface area contributed by atoms with Crippen molar-refractivity contribution in [2.45, 2.75) is 53.1 Å². The van der Waals surface area contributed by atoms with Gasteiger partial charge in [-0.1, -0.05) is 27.7 Å². The van der Waals surface area contributed by atoms with Crippen molar-refractivity contribution < 1.29 is 4.39 Å². The molecule has 0 spiro atoms. The van der Waals surface area contributed by atoms with E-state index in [0.29, 0.717) is 5.41 Å². The van der Waals surface area contributed by atoms with Crippen molar-refractivity contribution in [3.05, 3.63) is 0 Å². The van der Waals surface area contributed by atoms with Gasteiger partial charge >= 0.3 is 0 Å². The summed E-state index contributed by atoms with van der Waals surface area (Å²) in [5, 5.41) is 0. The number of rotatable bonds is 0. The summed E-state index contributed by atoms with van der Waals surface area (Å²) in [6.07, 6.45) is 2.39. The molecule has 0 amide bonds. The summed E-state index contributed by atoms with van der Waals surface area (Å²) in [6, 6.07) is 0. The molecule has 0 heterocycles. The topological polar surface area (TPSA) is 0 Å². The molecule has 72 valence electrons. The average Bonchev–Trinajstić information content (AvgIpc) is 1.92. The first-order valence-electron chi connectivity index (χ1n) is 5.05. The predicted molar refractivity (Wildman–Crippen MR) is 50.9 cm³/mol. The molecule has 0 nitrogen and oxygen atoms in total. The Bertz CT molecular complexity index is 146. The quantitative estimate of drug-likeness (QED) is 0.521. The molecule has 1 aliphatic rings. The highest BCUT2D eigenvalue weighted by molar-refractivity contribution is 4.83. The van der Waals surface area contributed by atoms with Crippen molar-refractivity contribution in [3.63, 3.8) is 0 Å². The Labute approximate surface area is 75.5 Å². The van der Waals surface area contributed by atoms with E-state index in [9.17, 15) is 4.39 Å². The molecule has 0 aromatic carbocycles. The lowest BCUT2D eigenvalue weighted by atomic mass is 9.69. The van der Waals surface area contributed by atoms with Gasteiger partial charge < -0.3 is 0 Å². The third kappa shape index (κ3) is 2.21. The van der Waals surface area contributed by atoms with Crippen molar-refractivity contribution in [1.29, 1.82) is 0 Å². The van der Waals surface area contributed by atoms with Crippen LogP contribution in [0.5, 0.6) is 0 Å². The van der Waals surface area contributed by atoms with Crippen LogP contribution in [0.4, 0.5) is 4.39 Å². The third-order valence-electron chi connectivity index (χ3n) is 3.29. The molecule has 0 aromatic rings. The van der Waals surface area contributed by atoms with Gasteiger partial charge in [0.15, 0.2) is 0 Å². The Morgan fingerprint density at radius 1 is 1.17 bits per heavy atom. The van der Waals surface area contributed by atoms with Crippen molar-refractivity contribution in [2.24, 2.45) is 17.3 Å². The average molecular weight is 172 g/mol. The minimum Gasteiger partial charge on any atom is -0.247 e. The highest BCUT2D eigenvalue weighted by atomic mass is 19.1. The van der Waals surface area contributed by atoms with Crippen LogP contribution in [0.2, 0.25) is 0 Å². The Morgan fingerprint density at radius 3 is 2.17 bits per heavy atom. The Balaban J connectivity index is 2.51. The molecule has 0 aromatic heterocycles. The fraction of sp³-hybridized carbons (Fsp3) is 1.00. The van der Waals surface area contributed by atoms with Crippen LogP contribution in [0.25, 0.3) is 0 Å². The Morgan fingerprint density at radius 2 is 1.75 bits per heavy atom. The normalized spacial score (nSPS) is 38.2. The monoisotopic (exact) mass is 172 g/mol. The predicted octanol–water partition coefficient (Wildman–Crippen LogP) is 3.81. The number of hydrogen-bond acceptors (Lipinski definition) is 0. The maximum atomic E-state index is 13.1. The van der Waals surface area contributed by atoms with E-state index in [1.54, 1.807) is 0 Å². The molecule has 0 N–H and O–H groups in total. The minimum absolute atomic E-state index is 0.281. The van der Waals surface area contributed by atoms with E-state index in [2.05, 4.69) is 20.8 Å². The number of alkyl halides is 1. The summed E-state index contributed by atoms with van der Waals surface area (Å²) in [4.78, 5) is 0. The van der Waals surface area contributed by atoms with Crippen LogP contribution in [0.3, 0.4) is 0 Å². The van der Waals surface area contributed by atoms with Gasteiger partial charge in [0.05, 0.1) is 0 Å². The van der Waals surface area contributed by atoms with Gasteiger partial charge in [0.2, 0.25) is 0 Å². The SMILES string of the molecule is CC1CC(C(C)(C)C)CCC1F. The summed E-state index contributed by atoms with van der Waals surface area (Å²) in [7, 11) is 0. The second-order valence-corrected chi connectivity index (χ2v) is 5.37. The molecular formula is C11H21F. The fourth-order valence-electron chi connectivity index (χ4n) is 2.15. The minimum atomic E-state index is -0.538. The highest BCUT2D eigenvalue weighted by Gasteiger charge is 2.33. The summed E-state index contributed by atoms with van der Waals surface area (Å²) >= 11 is 0. The zero-order chi connectivity index (χ0) is 9.35. The lowest BCUT2D eigenvalue weighted by Crippen LogP contribution is -2.31. The Kier molecular flexibility index (Phi) is 2.80. The lowest BCUT2D eigenvalue weighted by molar-refractivity contribution is 0.0821. The molecule has 3 atom stereocenters. The zero-order valence-corrected chi connectivity index (χ0v) is 8.73. The molecule has 0 saturated heterocycles. The number of hydrogen-bond donors (Lipinski definition) is 0. The van der Waals surface area contributed by atoms with E-state index in [4.69, 9.17) is 0 Å². The van der Waals surface area contributed by atoms with Gasteiger partial charge in [-0.2, -0.15) is 0 Å². The van der Waals surface area contributed by atoms with E-state index in [-0.39, 0.29) is 5.92 Å². The molecule has 0 aliphatic heterocycles. The van der Waals surface area contributed by atoms with Gasteiger partial charge in [-0.3, -0.25) is 0 Å². The zero-order valence-electron chi connectivity index (χ0n) is 8.73. The van der Waals surface area contributed by atoms with Crippen molar-refractivity contribution in [1.82, 2.24) is 0 Å². The number of halogens is 1. The molecule has 1 aliphatic carbocycles. The van der Waals surface area contributed by atoms with Crippen LogP contribution >= 0.6 is 0 Å². The first kappa shape index (κ1) is 10.0. The molecular weight excluding hydrogens is 151 g/mol. The molecule has 1 rings (SSSR count). The van der Waals surface area contributed by atoms with E-state index in [0.717, 1.165) is 25.2 Å². The second kappa shape index (κ2) is 3.35. The first-order chi connectivity index (χ1) is 5.41. The second-order valence-electron chi connectivity index (χ2n) is 5.37. The van der Waals surface area contributed by atoms with Crippen LogP contribution in [0, 0.1) is 17.3 Å². The molecule has 1 fully saturated rings.